The normalized spacial score (nSPS) is 15.6. The first kappa shape index (κ1) is 21.2. The molecule has 1 aliphatic rings. The SMILES string of the molecule is CC(C)(C)c1ccc(N(CCC(=O)N2CCN(C=O)CC2)S(C)(=O)=O)cc1. The maximum Gasteiger partial charge on any atom is 0.232 e. The Hall–Kier alpha value is -2.09. The number of nitrogens with zero attached hydrogens (tertiary/aromatic N) is 3. The molecular weight excluding hydrogens is 366 g/mol. The first-order chi connectivity index (χ1) is 12.5. The number of sulfonamides is 1. The molecule has 1 aromatic rings. The third kappa shape index (κ3) is 5.69. The van der Waals surface area contributed by atoms with Crippen molar-refractivity contribution in [1.82, 2.24) is 9.80 Å². The van der Waals surface area contributed by atoms with Crippen molar-refractivity contribution < 1.29 is 18.0 Å². The largest absolute Gasteiger partial charge is 0.342 e. The molecule has 1 fully saturated rings. The summed E-state index contributed by atoms with van der Waals surface area (Å²) in [6, 6.07) is 7.42. The second kappa shape index (κ2) is 8.29. The van der Waals surface area contributed by atoms with Crippen molar-refractivity contribution in [2.45, 2.75) is 32.6 Å². The maximum absolute atomic E-state index is 12.4. The van der Waals surface area contributed by atoms with Crippen molar-refractivity contribution in [1.29, 1.82) is 0 Å². The lowest BCUT2D eigenvalue weighted by Crippen LogP contribution is -2.48. The second-order valence-electron chi connectivity index (χ2n) is 7.90. The minimum atomic E-state index is -3.50. The summed E-state index contributed by atoms with van der Waals surface area (Å²) in [6.07, 6.45) is 2.04. The molecule has 1 aromatic carbocycles. The molecule has 2 amide bonds. The van der Waals surface area contributed by atoms with Crippen molar-refractivity contribution in [2.75, 3.05) is 43.3 Å². The zero-order chi connectivity index (χ0) is 20.2. The number of rotatable bonds is 6. The Bertz CT molecular complexity index is 761. The quantitative estimate of drug-likeness (QED) is 0.683. The predicted octanol–water partition coefficient (Wildman–Crippen LogP) is 1.44. The van der Waals surface area contributed by atoms with Crippen LogP contribution in [0.1, 0.15) is 32.8 Å². The van der Waals surface area contributed by atoms with E-state index in [1.807, 2.05) is 12.1 Å². The van der Waals surface area contributed by atoms with Gasteiger partial charge in [-0.3, -0.25) is 13.9 Å². The number of carbonyl (C=O) groups excluding carboxylic acids is 2. The highest BCUT2D eigenvalue weighted by Gasteiger charge is 2.24. The van der Waals surface area contributed by atoms with Gasteiger partial charge in [0, 0.05) is 39.1 Å². The fraction of sp³-hybridized carbons (Fsp3) is 0.579. The van der Waals surface area contributed by atoms with Gasteiger partial charge in [-0.1, -0.05) is 32.9 Å². The van der Waals surface area contributed by atoms with Crippen LogP contribution in [0.2, 0.25) is 0 Å². The van der Waals surface area contributed by atoms with E-state index in [0.29, 0.717) is 31.9 Å². The van der Waals surface area contributed by atoms with Crippen LogP contribution in [0.25, 0.3) is 0 Å². The van der Waals surface area contributed by atoms with Crippen molar-refractivity contribution in [3.05, 3.63) is 29.8 Å². The summed E-state index contributed by atoms with van der Waals surface area (Å²) in [6.45, 7) is 8.38. The summed E-state index contributed by atoms with van der Waals surface area (Å²) in [5, 5.41) is 0. The molecule has 1 aliphatic heterocycles. The molecule has 1 heterocycles. The Morgan fingerprint density at radius 1 is 1.11 bits per heavy atom. The van der Waals surface area contributed by atoms with Gasteiger partial charge in [-0.05, 0) is 23.1 Å². The van der Waals surface area contributed by atoms with E-state index in [-0.39, 0.29) is 24.3 Å². The van der Waals surface area contributed by atoms with E-state index in [4.69, 9.17) is 0 Å². The Morgan fingerprint density at radius 2 is 1.67 bits per heavy atom. The van der Waals surface area contributed by atoms with Gasteiger partial charge in [-0.15, -0.1) is 0 Å². The Balaban J connectivity index is 2.05. The molecule has 0 N–H and O–H groups in total. The minimum absolute atomic E-state index is 0.0198. The first-order valence-electron chi connectivity index (χ1n) is 9.08. The van der Waals surface area contributed by atoms with Crippen LogP contribution in [0.4, 0.5) is 5.69 Å². The molecule has 0 aromatic heterocycles. The average molecular weight is 396 g/mol. The maximum atomic E-state index is 12.4. The van der Waals surface area contributed by atoms with Crippen LogP contribution in [-0.2, 0) is 25.0 Å². The zero-order valence-corrected chi connectivity index (χ0v) is 17.3. The van der Waals surface area contributed by atoms with Crippen LogP contribution in [0.3, 0.4) is 0 Å². The molecule has 0 saturated carbocycles. The summed E-state index contributed by atoms with van der Waals surface area (Å²) in [5.41, 5.74) is 1.65. The van der Waals surface area contributed by atoms with Gasteiger partial charge in [0.15, 0.2) is 0 Å². The number of anilines is 1. The Labute approximate surface area is 162 Å². The number of piperazine rings is 1. The van der Waals surface area contributed by atoms with E-state index in [2.05, 4.69) is 20.8 Å². The fourth-order valence-electron chi connectivity index (χ4n) is 3.05. The van der Waals surface area contributed by atoms with Gasteiger partial charge in [-0.2, -0.15) is 0 Å². The van der Waals surface area contributed by atoms with Gasteiger partial charge in [0.05, 0.1) is 11.9 Å². The highest BCUT2D eigenvalue weighted by atomic mass is 32.2. The first-order valence-corrected chi connectivity index (χ1v) is 10.9. The van der Waals surface area contributed by atoms with Gasteiger partial charge in [0.1, 0.15) is 0 Å². The van der Waals surface area contributed by atoms with E-state index >= 15 is 0 Å². The molecule has 0 unspecified atom stereocenters. The lowest BCUT2D eigenvalue weighted by molar-refractivity contribution is -0.134. The third-order valence-electron chi connectivity index (χ3n) is 4.77. The Morgan fingerprint density at radius 3 is 2.11 bits per heavy atom. The molecule has 0 spiro atoms. The van der Waals surface area contributed by atoms with Gasteiger partial charge in [0.25, 0.3) is 0 Å². The molecule has 27 heavy (non-hydrogen) atoms. The van der Waals surface area contributed by atoms with Crippen molar-refractivity contribution in [3.63, 3.8) is 0 Å². The topological polar surface area (TPSA) is 78.0 Å². The van der Waals surface area contributed by atoms with Crippen molar-refractivity contribution in [3.8, 4) is 0 Å². The molecule has 0 radical (unpaired) electrons. The third-order valence-corrected chi connectivity index (χ3v) is 5.96. The summed E-state index contributed by atoms with van der Waals surface area (Å²) in [5.74, 6) is -0.0967. The van der Waals surface area contributed by atoms with Crippen LogP contribution in [0, 0.1) is 0 Å². The lowest BCUT2D eigenvalue weighted by Gasteiger charge is -2.33. The molecule has 1 saturated heterocycles. The number of amides is 2. The van der Waals surface area contributed by atoms with E-state index in [1.165, 1.54) is 4.31 Å². The Kier molecular flexibility index (Phi) is 6.51. The highest BCUT2D eigenvalue weighted by molar-refractivity contribution is 7.92. The second-order valence-corrected chi connectivity index (χ2v) is 9.81. The summed E-state index contributed by atoms with van der Waals surface area (Å²) < 4.78 is 25.8. The van der Waals surface area contributed by atoms with E-state index in [9.17, 15) is 18.0 Å². The monoisotopic (exact) mass is 395 g/mol. The molecule has 8 heteroatoms. The van der Waals surface area contributed by atoms with Crippen LogP contribution in [-0.4, -0.2) is 69.5 Å². The van der Waals surface area contributed by atoms with Crippen LogP contribution < -0.4 is 4.31 Å². The number of carbonyl (C=O) groups is 2. The van der Waals surface area contributed by atoms with Crippen molar-refractivity contribution >= 4 is 28.0 Å². The van der Waals surface area contributed by atoms with Crippen LogP contribution in [0.5, 0.6) is 0 Å². The average Bonchev–Trinajstić information content (AvgIpc) is 2.60. The zero-order valence-electron chi connectivity index (χ0n) is 16.5. The number of benzene rings is 1. The lowest BCUT2D eigenvalue weighted by atomic mass is 9.87. The van der Waals surface area contributed by atoms with E-state index in [1.54, 1.807) is 21.9 Å². The minimum Gasteiger partial charge on any atom is -0.342 e. The van der Waals surface area contributed by atoms with Crippen LogP contribution in [0.15, 0.2) is 24.3 Å². The summed E-state index contributed by atoms with van der Waals surface area (Å²) >= 11 is 0. The van der Waals surface area contributed by atoms with Gasteiger partial charge < -0.3 is 9.80 Å². The molecule has 2 rings (SSSR count). The van der Waals surface area contributed by atoms with Gasteiger partial charge in [0.2, 0.25) is 22.3 Å². The van der Waals surface area contributed by atoms with Gasteiger partial charge >= 0.3 is 0 Å². The highest BCUT2D eigenvalue weighted by Crippen LogP contribution is 2.26. The number of hydrogen-bond donors (Lipinski definition) is 0. The molecule has 0 bridgehead atoms. The molecule has 0 atom stereocenters. The summed E-state index contributed by atoms with van der Waals surface area (Å²) in [4.78, 5) is 26.5. The predicted molar refractivity (Wildman–Crippen MR) is 106 cm³/mol. The van der Waals surface area contributed by atoms with Crippen LogP contribution >= 0.6 is 0 Å². The van der Waals surface area contributed by atoms with Crippen molar-refractivity contribution in [2.24, 2.45) is 0 Å². The molecular formula is C19H29N3O4S. The number of hydrogen-bond acceptors (Lipinski definition) is 4. The van der Waals surface area contributed by atoms with Gasteiger partial charge in [-0.25, -0.2) is 8.42 Å². The molecule has 0 aliphatic carbocycles. The fourth-order valence-corrected chi connectivity index (χ4v) is 3.97. The molecule has 150 valence electrons. The summed E-state index contributed by atoms with van der Waals surface area (Å²) in [7, 11) is -3.50. The standard InChI is InChI=1S/C19H29N3O4S/c1-19(2,3)16-5-7-17(8-6-16)22(27(4,25)26)10-9-18(24)21-13-11-20(15-23)12-14-21/h5-8,15H,9-14H2,1-4H3. The van der Waals surface area contributed by atoms with E-state index < -0.39 is 10.0 Å². The van der Waals surface area contributed by atoms with E-state index in [0.717, 1.165) is 18.2 Å². The molecule has 7 nitrogen and oxygen atoms in total. The smallest absolute Gasteiger partial charge is 0.232 e.